The second kappa shape index (κ2) is 7.33. The zero-order valence-electron chi connectivity index (χ0n) is 15.4. The Labute approximate surface area is 168 Å². The van der Waals surface area contributed by atoms with E-state index in [4.69, 9.17) is 4.74 Å². The summed E-state index contributed by atoms with van der Waals surface area (Å²) in [5.74, 6) is 1.20. The minimum absolute atomic E-state index is 0.256. The Hall–Kier alpha value is -2.78. The van der Waals surface area contributed by atoms with Crippen LogP contribution in [0.5, 0.6) is 0 Å². The molecule has 3 heterocycles. The summed E-state index contributed by atoms with van der Waals surface area (Å²) in [5.41, 5.74) is 1.22. The molecule has 28 heavy (non-hydrogen) atoms. The smallest absolute Gasteiger partial charge is 0.348 e. The van der Waals surface area contributed by atoms with Crippen LogP contribution in [0.2, 0.25) is 0 Å². The first kappa shape index (κ1) is 18.6. The van der Waals surface area contributed by atoms with Gasteiger partial charge in [-0.2, -0.15) is 0 Å². The molecule has 4 aromatic rings. The molecular weight excluding hydrogens is 396 g/mol. The highest BCUT2D eigenvalue weighted by atomic mass is 32.2. The molecule has 9 heteroatoms. The molecule has 0 amide bonds. The molecule has 4 rings (SSSR count). The number of ether oxygens (including phenoxy) is 1. The predicted molar refractivity (Wildman–Crippen MR) is 110 cm³/mol. The SMILES string of the molecule is COC(=O)c1sc2nc(CSc3nc(C)nc4ccccc34)[nH]c(=O)c2c1C. The van der Waals surface area contributed by atoms with Crippen LogP contribution in [0.3, 0.4) is 0 Å². The van der Waals surface area contributed by atoms with Crippen molar-refractivity contribution in [1.82, 2.24) is 19.9 Å². The summed E-state index contributed by atoms with van der Waals surface area (Å²) in [6.07, 6.45) is 0. The van der Waals surface area contributed by atoms with Crippen LogP contribution in [-0.2, 0) is 10.5 Å². The minimum Gasteiger partial charge on any atom is -0.465 e. The van der Waals surface area contributed by atoms with Crippen molar-refractivity contribution in [2.45, 2.75) is 24.6 Å². The van der Waals surface area contributed by atoms with Gasteiger partial charge in [0, 0.05) is 5.39 Å². The molecule has 0 aliphatic heterocycles. The summed E-state index contributed by atoms with van der Waals surface area (Å²) in [6, 6.07) is 7.80. The molecule has 1 N–H and O–H groups in total. The number of hydrogen-bond donors (Lipinski definition) is 1. The highest BCUT2D eigenvalue weighted by Crippen LogP contribution is 2.30. The number of methoxy groups -OCH3 is 1. The Morgan fingerprint density at radius 2 is 2.00 bits per heavy atom. The van der Waals surface area contributed by atoms with Gasteiger partial charge in [-0.25, -0.2) is 19.7 Å². The largest absolute Gasteiger partial charge is 0.465 e. The fraction of sp³-hybridized carbons (Fsp3) is 0.211. The van der Waals surface area contributed by atoms with Crippen LogP contribution < -0.4 is 5.56 Å². The van der Waals surface area contributed by atoms with Crippen molar-refractivity contribution < 1.29 is 9.53 Å². The number of esters is 1. The molecule has 0 radical (unpaired) electrons. The van der Waals surface area contributed by atoms with E-state index in [2.05, 4.69) is 19.9 Å². The number of hydrogen-bond acceptors (Lipinski definition) is 8. The lowest BCUT2D eigenvalue weighted by atomic mass is 10.2. The van der Waals surface area contributed by atoms with Gasteiger partial charge in [-0.3, -0.25) is 4.79 Å². The van der Waals surface area contributed by atoms with Crippen LogP contribution in [0.15, 0.2) is 34.1 Å². The second-order valence-electron chi connectivity index (χ2n) is 6.12. The van der Waals surface area contributed by atoms with Gasteiger partial charge in [-0.1, -0.05) is 30.0 Å². The van der Waals surface area contributed by atoms with Gasteiger partial charge in [-0.05, 0) is 25.5 Å². The summed E-state index contributed by atoms with van der Waals surface area (Å²) >= 11 is 2.66. The first-order valence-corrected chi connectivity index (χ1v) is 10.2. The number of thiophene rings is 1. The van der Waals surface area contributed by atoms with Crippen molar-refractivity contribution in [3.63, 3.8) is 0 Å². The minimum atomic E-state index is -0.459. The zero-order chi connectivity index (χ0) is 19.8. The second-order valence-corrected chi connectivity index (χ2v) is 8.09. The van der Waals surface area contributed by atoms with Crippen LogP contribution in [-0.4, -0.2) is 33.0 Å². The molecular formula is C19H16N4O3S2. The number of fused-ring (bicyclic) bond motifs is 2. The Morgan fingerprint density at radius 3 is 2.79 bits per heavy atom. The fourth-order valence-corrected chi connectivity index (χ4v) is 5.00. The third kappa shape index (κ3) is 3.27. The van der Waals surface area contributed by atoms with Gasteiger partial charge in [0.05, 0.1) is 23.8 Å². The van der Waals surface area contributed by atoms with E-state index in [0.29, 0.717) is 38.1 Å². The van der Waals surface area contributed by atoms with Crippen molar-refractivity contribution >= 4 is 50.2 Å². The number of carbonyl (C=O) groups excluding carboxylic acids is 1. The highest BCUT2D eigenvalue weighted by molar-refractivity contribution is 7.98. The third-order valence-electron chi connectivity index (χ3n) is 4.25. The number of aromatic nitrogens is 4. The monoisotopic (exact) mass is 412 g/mol. The molecule has 1 aromatic carbocycles. The number of H-pyrrole nitrogens is 1. The molecule has 0 saturated carbocycles. The average Bonchev–Trinajstić information content (AvgIpc) is 3.02. The Morgan fingerprint density at radius 1 is 1.21 bits per heavy atom. The molecule has 0 aliphatic rings. The van der Waals surface area contributed by atoms with Gasteiger partial charge in [0.25, 0.3) is 5.56 Å². The number of para-hydroxylation sites is 1. The van der Waals surface area contributed by atoms with Crippen LogP contribution >= 0.6 is 23.1 Å². The summed E-state index contributed by atoms with van der Waals surface area (Å²) in [6.45, 7) is 3.58. The van der Waals surface area contributed by atoms with E-state index in [1.807, 2.05) is 31.2 Å². The first-order valence-electron chi connectivity index (χ1n) is 8.44. The van der Waals surface area contributed by atoms with E-state index in [-0.39, 0.29) is 5.56 Å². The topological polar surface area (TPSA) is 97.8 Å². The molecule has 142 valence electrons. The standard InChI is InChI=1S/C19H16N4O3S2/c1-9-14-16(24)22-13(23-18(14)28-15(9)19(25)26-3)8-27-17-11-6-4-5-7-12(11)20-10(2)21-17/h4-7H,8H2,1-3H3,(H,22,23,24). The van der Waals surface area contributed by atoms with Crippen LogP contribution in [0.1, 0.15) is 26.9 Å². The number of thioether (sulfide) groups is 1. The molecule has 0 spiro atoms. The van der Waals surface area contributed by atoms with Crippen molar-refractivity contribution in [2.75, 3.05) is 7.11 Å². The molecule has 0 aliphatic carbocycles. The Bertz CT molecular complexity index is 1280. The Balaban J connectivity index is 1.70. The molecule has 3 aromatic heterocycles. The number of nitrogens with one attached hydrogen (secondary N) is 1. The van der Waals surface area contributed by atoms with Gasteiger partial charge in [-0.15, -0.1) is 11.3 Å². The number of rotatable bonds is 4. The lowest BCUT2D eigenvalue weighted by molar-refractivity contribution is 0.0605. The van der Waals surface area contributed by atoms with Crippen molar-refractivity contribution in [2.24, 2.45) is 0 Å². The average molecular weight is 412 g/mol. The van der Waals surface area contributed by atoms with Crippen LogP contribution in [0.25, 0.3) is 21.1 Å². The highest BCUT2D eigenvalue weighted by Gasteiger charge is 2.20. The maximum Gasteiger partial charge on any atom is 0.348 e. The van der Waals surface area contributed by atoms with Crippen LogP contribution in [0, 0.1) is 13.8 Å². The third-order valence-corrected chi connectivity index (χ3v) is 6.41. The molecule has 0 saturated heterocycles. The van der Waals surface area contributed by atoms with Crippen molar-refractivity contribution in [3.8, 4) is 0 Å². The molecule has 0 atom stereocenters. The summed E-state index contributed by atoms with van der Waals surface area (Å²) in [7, 11) is 1.32. The maximum atomic E-state index is 12.5. The van der Waals surface area contributed by atoms with E-state index in [1.165, 1.54) is 30.2 Å². The van der Waals surface area contributed by atoms with Gasteiger partial charge < -0.3 is 9.72 Å². The number of aromatic amines is 1. The van der Waals surface area contributed by atoms with Gasteiger partial charge in [0.2, 0.25) is 0 Å². The van der Waals surface area contributed by atoms with Crippen molar-refractivity contribution in [3.05, 3.63) is 56.7 Å². The van der Waals surface area contributed by atoms with Gasteiger partial charge in [0.1, 0.15) is 26.4 Å². The molecule has 7 nitrogen and oxygen atoms in total. The summed E-state index contributed by atoms with van der Waals surface area (Å²) in [5, 5.41) is 2.23. The lowest BCUT2D eigenvalue weighted by Gasteiger charge is -2.06. The number of carbonyl (C=O) groups is 1. The van der Waals surface area contributed by atoms with Crippen LogP contribution in [0.4, 0.5) is 0 Å². The van der Waals surface area contributed by atoms with E-state index in [0.717, 1.165) is 15.9 Å². The van der Waals surface area contributed by atoms with E-state index >= 15 is 0 Å². The quantitative estimate of drug-likeness (QED) is 0.310. The van der Waals surface area contributed by atoms with E-state index in [9.17, 15) is 9.59 Å². The fourth-order valence-electron chi connectivity index (χ4n) is 2.95. The first-order chi connectivity index (χ1) is 13.5. The zero-order valence-corrected chi connectivity index (χ0v) is 17.0. The molecule has 0 fully saturated rings. The number of nitrogens with zero attached hydrogens (tertiary/aromatic N) is 3. The maximum absolute atomic E-state index is 12.5. The summed E-state index contributed by atoms with van der Waals surface area (Å²) in [4.78, 5) is 41.7. The van der Waals surface area contributed by atoms with Gasteiger partial charge in [0.15, 0.2) is 0 Å². The van der Waals surface area contributed by atoms with E-state index in [1.54, 1.807) is 6.92 Å². The Kier molecular flexibility index (Phi) is 4.86. The normalized spacial score (nSPS) is 11.2. The summed E-state index contributed by atoms with van der Waals surface area (Å²) < 4.78 is 4.79. The number of benzene rings is 1. The lowest BCUT2D eigenvalue weighted by Crippen LogP contribution is -2.11. The number of aryl methyl sites for hydroxylation is 2. The molecule has 0 unspecified atom stereocenters. The van der Waals surface area contributed by atoms with E-state index < -0.39 is 5.97 Å². The van der Waals surface area contributed by atoms with Gasteiger partial charge >= 0.3 is 5.97 Å². The molecule has 0 bridgehead atoms. The predicted octanol–water partition coefficient (Wildman–Crippen LogP) is 3.62. The van der Waals surface area contributed by atoms with Crippen molar-refractivity contribution in [1.29, 1.82) is 0 Å².